The minimum atomic E-state index is -0.817. The van der Waals surface area contributed by atoms with Gasteiger partial charge in [0, 0.05) is 31.0 Å². The molecule has 4 heterocycles. The zero-order valence-corrected chi connectivity index (χ0v) is 23.1. The Morgan fingerprint density at radius 2 is 1.78 bits per heavy atom. The zero-order chi connectivity index (χ0) is 27.7. The van der Waals surface area contributed by atoms with Crippen LogP contribution >= 0.6 is 12.4 Å². The van der Waals surface area contributed by atoms with Crippen molar-refractivity contribution in [2.45, 2.75) is 37.0 Å². The molecule has 1 aliphatic heterocycles. The highest BCUT2D eigenvalue weighted by Crippen LogP contribution is 2.42. The highest BCUT2D eigenvalue weighted by Gasteiger charge is 2.41. The second-order valence-corrected chi connectivity index (χ2v) is 10.5. The van der Waals surface area contributed by atoms with Crippen molar-refractivity contribution in [2.75, 3.05) is 23.3 Å². The summed E-state index contributed by atoms with van der Waals surface area (Å²) in [6.45, 7) is 1.20. The molecule has 3 aromatic heterocycles. The number of anilines is 3. The van der Waals surface area contributed by atoms with Gasteiger partial charge in [-0.1, -0.05) is 12.1 Å². The molecule has 2 aliphatic rings. The van der Waals surface area contributed by atoms with Gasteiger partial charge in [-0.2, -0.15) is 5.26 Å². The maximum absolute atomic E-state index is 13.5. The minimum absolute atomic E-state index is 0. The van der Waals surface area contributed by atoms with Gasteiger partial charge >= 0.3 is 0 Å². The summed E-state index contributed by atoms with van der Waals surface area (Å²) < 4.78 is 13.5. The molecule has 1 saturated carbocycles. The van der Waals surface area contributed by atoms with Crippen molar-refractivity contribution in [1.29, 1.82) is 5.26 Å². The van der Waals surface area contributed by atoms with E-state index in [0.717, 1.165) is 35.5 Å². The molecule has 0 atom stereocenters. The van der Waals surface area contributed by atoms with E-state index in [1.165, 1.54) is 17.7 Å². The highest BCUT2D eigenvalue weighted by atomic mass is 35.5. The summed E-state index contributed by atoms with van der Waals surface area (Å²) >= 11 is 0. The van der Waals surface area contributed by atoms with E-state index in [9.17, 15) is 14.4 Å². The van der Waals surface area contributed by atoms with Crippen LogP contribution in [0.4, 0.5) is 21.8 Å². The van der Waals surface area contributed by atoms with Gasteiger partial charge in [-0.25, -0.2) is 19.3 Å². The van der Waals surface area contributed by atoms with Crippen LogP contribution in [-0.4, -0.2) is 33.9 Å². The van der Waals surface area contributed by atoms with E-state index < -0.39 is 5.41 Å². The van der Waals surface area contributed by atoms with Gasteiger partial charge in [-0.3, -0.25) is 4.79 Å². The number of primary amides is 1. The smallest absolute Gasteiger partial charge is 0.228 e. The summed E-state index contributed by atoms with van der Waals surface area (Å²) in [7, 11) is 0. The fourth-order valence-corrected chi connectivity index (χ4v) is 5.40. The standard InChI is InChI=1S/C31H28FN7O.ClH/c32-25-6-4-24(5-7-25)31(30(34)40)10-13-39(14-11-31)29-8-3-22(19-36-29)26-16-23(21-1-2-21)17-28(37-26)38-27-15-20(18-33)9-12-35-27;/h3-9,12,15-17,19,21H,1-2,10-11,13-14H2,(H2,34,40)(H,35,37,38);1H. The van der Waals surface area contributed by atoms with Crippen LogP contribution in [0.1, 0.15) is 48.3 Å². The second kappa shape index (κ2) is 11.5. The number of carbonyl (C=O) groups excluding carboxylic acids is 1. The predicted octanol–water partition coefficient (Wildman–Crippen LogP) is 5.62. The third-order valence-corrected chi connectivity index (χ3v) is 7.89. The Kier molecular flexibility index (Phi) is 7.86. The molecule has 1 amide bonds. The molecule has 41 heavy (non-hydrogen) atoms. The number of hydrogen-bond donors (Lipinski definition) is 2. The molecule has 8 nitrogen and oxygen atoms in total. The number of nitrogens with one attached hydrogen (secondary N) is 1. The van der Waals surface area contributed by atoms with Gasteiger partial charge in [0.15, 0.2) is 0 Å². The van der Waals surface area contributed by atoms with Crippen LogP contribution in [0.5, 0.6) is 0 Å². The number of nitriles is 1. The van der Waals surface area contributed by atoms with Crippen molar-refractivity contribution in [3.05, 3.63) is 95.6 Å². The predicted molar refractivity (Wildman–Crippen MR) is 158 cm³/mol. The normalized spacial score (nSPS) is 15.9. The highest BCUT2D eigenvalue weighted by molar-refractivity contribution is 5.87. The number of aromatic nitrogens is 3. The molecule has 3 N–H and O–H groups in total. The summed E-state index contributed by atoms with van der Waals surface area (Å²) in [6, 6.07) is 19.7. The first-order chi connectivity index (χ1) is 19.4. The van der Waals surface area contributed by atoms with Gasteiger partial charge in [0.1, 0.15) is 23.3 Å². The molecular weight excluding hydrogens is 541 g/mol. The Bertz CT molecular complexity index is 1590. The monoisotopic (exact) mass is 569 g/mol. The maximum atomic E-state index is 13.5. The molecule has 1 aliphatic carbocycles. The average molecular weight is 570 g/mol. The summed E-state index contributed by atoms with van der Waals surface area (Å²) in [6.07, 6.45) is 6.78. The summed E-state index contributed by atoms with van der Waals surface area (Å²) in [5.74, 6) is 1.85. The first kappa shape index (κ1) is 28.0. The van der Waals surface area contributed by atoms with E-state index in [1.54, 1.807) is 30.5 Å². The van der Waals surface area contributed by atoms with Crippen molar-refractivity contribution >= 4 is 35.8 Å². The van der Waals surface area contributed by atoms with E-state index in [4.69, 9.17) is 15.7 Å². The zero-order valence-electron chi connectivity index (χ0n) is 22.3. The van der Waals surface area contributed by atoms with Crippen molar-refractivity contribution in [2.24, 2.45) is 5.73 Å². The molecule has 208 valence electrons. The molecular formula is C31H29ClFN7O. The van der Waals surface area contributed by atoms with Crippen molar-refractivity contribution in [3.63, 3.8) is 0 Å². The van der Waals surface area contributed by atoms with Crippen molar-refractivity contribution in [1.82, 2.24) is 15.0 Å². The topological polar surface area (TPSA) is 121 Å². The Morgan fingerprint density at radius 3 is 2.41 bits per heavy atom. The Morgan fingerprint density at radius 1 is 1.02 bits per heavy atom. The summed E-state index contributed by atoms with van der Waals surface area (Å²) in [5.41, 5.74) is 9.24. The van der Waals surface area contributed by atoms with E-state index in [0.29, 0.717) is 49.0 Å². The fraction of sp³-hybridized carbons (Fsp3) is 0.258. The molecule has 1 aromatic carbocycles. The third kappa shape index (κ3) is 5.83. The van der Waals surface area contributed by atoms with Crippen LogP contribution in [0.15, 0.2) is 73.1 Å². The van der Waals surface area contributed by atoms with Crippen LogP contribution in [0.25, 0.3) is 11.3 Å². The molecule has 2 fully saturated rings. The number of pyridine rings is 3. The molecule has 0 bridgehead atoms. The lowest BCUT2D eigenvalue weighted by Crippen LogP contribution is -2.50. The quantitative estimate of drug-likeness (QED) is 0.296. The average Bonchev–Trinajstić information content (AvgIpc) is 3.84. The number of benzene rings is 1. The van der Waals surface area contributed by atoms with Gasteiger partial charge < -0.3 is 16.0 Å². The largest absolute Gasteiger partial charge is 0.369 e. The number of nitrogens with two attached hydrogens (primary N) is 1. The minimum Gasteiger partial charge on any atom is -0.369 e. The Hall–Kier alpha value is -4.55. The number of carbonyl (C=O) groups is 1. The number of halogens is 2. The lowest BCUT2D eigenvalue weighted by Gasteiger charge is -2.40. The Balaban J connectivity index is 0.00000337. The van der Waals surface area contributed by atoms with Crippen molar-refractivity contribution < 1.29 is 9.18 Å². The lowest BCUT2D eigenvalue weighted by molar-refractivity contribution is -0.124. The number of hydrogen-bond acceptors (Lipinski definition) is 7. The number of nitrogens with zero attached hydrogens (tertiary/aromatic N) is 5. The Labute approximate surface area is 243 Å². The number of piperidine rings is 1. The van der Waals surface area contributed by atoms with Crippen LogP contribution in [0.2, 0.25) is 0 Å². The summed E-state index contributed by atoms with van der Waals surface area (Å²) in [4.78, 5) is 28.5. The third-order valence-electron chi connectivity index (χ3n) is 7.89. The lowest BCUT2D eigenvalue weighted by atomic mass is 9.72. The molecule has 0 radical (unpaired) electrons. The first-order valence-electron chi connectivity index (χ1n) is 13.4. The number of amides is 1. The van der Waals surface area contributed by atoms with Crippen LogP contribution in [-0.2, 0) is 10.2 Å². The van der Waals surface area contributed by atoms with Gasteiger partial charge in [0.05, 0.1) is 22.7 Å². The van der Waals surface area contributed by atoms with Crippen LogP contribution < -0.4 is 16.0 Å². The molecule has 4 aromatic rings. The van der Waals surface area contributed by atoms with E-state index in [1.807, 2.05) is 24.4 Å². The van der Waals surface area contributed by atoms with E-state index >= 15 is 0 Å². The molecule has 1 saturated heterocycles. The molecule has 0 unspecified atom stereocenters. The first-order valence-corrected chi connectivity index (χ1v) is 13.4. The van der Waals surface area contributed by atoms with Gasteiger partial charge in [-0.15, -0.1) is 12.4 Å². The van der Waals surface area contributed by atoms with Gasteiger partial charge in [0.2, 0.25) is 5.91 Å². The maximum Gasteiger partial charge on any atom is 0.228 e. The second-order valence-electron chi connectivity index (χ2n) is 10.5. The van der Waals surface area contributed by atoms with E-state index in [2.05, 4.69) is 27.3 Å². The van der Waals surface area contributed by atoms with Crippen LogP contribution in [0, 0.1) is 17.1 Å². The van der Waals surface area contributed by atoms with Gasteiger partial charge in [-0.05, 0) is 91.3 Å². The molecule has 6 rings (SSSR count). The fourth-order valence-electron chi connectivity index (χ4n) is 5.40. The van der Waals surface area contributed by atoms with Gasteiger partial charge in [0.25, 0.3) is 0 Å². The van der Waals surface area contributed by atoms with Crippen molar-refractivity contribution in [3.8, 4) is 17.3 Å². The molecule has 0 spiro atoms. The van der Waals surface area contributed by atoms with Crippen LogP contribution in [0.3, 0.4) is 0 Å². The number of rotatable bonds is 7. The SMILES string of the molecule is Cl.N#Cc1ccnc(Nc2cc(C3CC3)cc(-c3ccc(N4CCC(C(N)=O)(c5ccc(F)cc5)CC4)nc3)n2)c1. The van der Waals surface area contributed by atoms with E-state index in [-0.39, 0.29) is 24.1 Å². The molecule has 10 heteroatoms. The summed E-state index contributed by atoms with van der Waals surface area (Å²) in [5, 5.41) is 12.5.